The van der Waals surface area contributed by atoms with Crippen LogP contribution in [0, 0.1) is 5.92 Å². The lowest BCUT2D eigenvalue weighted by atomic mass is 10.2. The molecule has 0 aliphatic carbocycles. The Hall–Kier alpha value is -0.700. The number of rotatable bonds is 7. The summed E-state index contributed by atoms with van der Waals surface area (Å²) in [6, 6.07) is 5.71. The standard InChI is InChI=1S/C14H19Cl2NO/c1-10(2)7-17-8-12-5-4-6-13(16)14(12)18-9-11(3)15/h4-6,10,17H,3,7-9H2,1-2H3. The van der Waals surface area contributed by atoms with Crippen LogP contribution in [-0.2, 0) is 6.54 Å². The highest BCUT2D eigenvalue weighted by atomic mass is 35.5. The van der Waals surface area contributed by atoms with Gasteiger partial charge in [0.15, 0.2) is 0 Å². The number of nitrogens with one attached hydrogen (secondary N) is 1. The summed E-state index contributed by atoms with van der Waals surface area (Å²) in [6.45, 7) is 9.87. The van der Waals surface area contributed by atoms with Crippen LogP contribution in [0.1, 0.15) is 19.4 Å². The molecule has 0 aliphatic heterocycles. The molecule has 1 aromatic rings. The maximum absolute atomic E-state index is 6.13. The van der Waals surface area contributed by atoms with Crippen molar-refractivity contribution in [3.63, 3.8) is 0 Å². The monoisotopic (exact) mass is 287 g/mol. The Labute approximate surface area is 119 Å². The van der Waals surface area contributed by atoms with Crippen molar-refractivity contribution in [1.82, 2.24) is 5.32 Å². The largest absolute Gasteiger partial charge is 0.486 e. The van der Waals surface area contributed by atoms with E-state index in [2.05, 4.69) is 25.7 Å². The lowest BCUT2D eigenvalue weighted by Gasteiger charge is -2.14. The van der Waals surface area contributed by atoms with Crippen LogP contribution in [0.4, 0.5) is 0 Å². The number of hydrogen-bond acceptors (Lipinski definition) is 2. The second-order valence-electron chi connectivity index (χ2n) is 4.56. The predicted molar refractivity (Wildman–Crippen MR) is 78.5 cm³/mol. The minimum atomic E-state index is 0.266. The molecule has 1 aromatic carbocycles. The topological polar surface area (TPSA) is 21.3 Å². The Bertz CT molecular complexity index is 405. The fourth-order valence-electron chi connectivity index (χ4n) is 1.50. The third-order valence-corrected chi connectivity index (χ3v) is 2.70. The number of hydrogen-bond donors (Lipinski definition) is 1. The van der Waals surface area contributed by atoms with Crippen LogP contribution in [0.25, 0.3) is 0 Å². The molecule has 1 N–H and O–H groups in total. The minimum Gasteiger partial charge on any atom is -0.486 e. The van der Waals surface area contributed by atoms with E-state index in [0.29, 0.717) is 21.7 Å². The van der Waals surface area contributed by atoms with E-state index in [1.807, 2.05) is 12.1 Å². The van der Waals surface area contributed by atoms with Crippen molar-refractivity contribution in [3.8, 4) is 5.75 Å². The van der Waals surface area contributed by atoms with Crippen LogP contribution in [0.15, 0.2) is 29.8 Å². The van der Waals surface area contributed by atoms with E-state index >= 15 is 0 Å². The molecule has 0 amide bonds. The molecule has 0 spiro atoms. The molecule has 18 heavy (non-hydrogen) atoms. The molecule has 0 aromatic heterocycles. The minimum absolute atomic E-state index is 0.266. The first-order valence-electron chi connectivity index (χ1n) is 5.95. The van der Waals surface area contributed by atoms with Crippen molar-refractivity contribution in [2.45, 2.75) is 20.4 Å². The molecule has 0 heterocycles. The molecule has 0 radical (unpaired) electrons. The smallest absolute Gasteiger partial charge is 0.142 e. The summed E-state index contributed by atoms with van der Waals surface area (Å²) in [5.74, 6) is 1.29. The zero-order valence-corrected chi connectivity index (χ0v) is 12.3. The van der Waals surface area contributed by atoms with Gasteiger partial charge in [-0.3, -0.25) is 0 Å². The Morgan fingerprint density at radius 3 is 2.78 bits per heavy atom. The van der Waals surface area contributed by atoms with Gasteiger partial charge in [-0.15, -0.1) is 0 Å². The van der Waals surface area contributed by atoms with Gasteiger partial charge in [-0.05, 0) is 18.5 Å². The molecular weight excluding hydrogens is 269 g/mol. The normalized spacial score (nSPS) is 10.7. The summed E-state index contributed by atoms with van der Waals surface area (Å²) >= 11 is 11.8. The van der Waals surface area contributed by atoms with Gasteiger partial charge in [-0.1, -0.05) is 55.8 Å². The van der Waals surface area contributed by atoms with Gasteiger partial charge in [0, 0.05) is 17.1 Å². The number of para-hydroxylation sites is 1. The van der Waals surface area contributed by atoms with Crippen molar-refractivity contribution < 1.29 is 4.74 Å². The van der Waals surface area contributed by atoms with Crippen molar-refractivity contribution >= 4 is 23.2 Å². The first-order valence-corrected chi connectivity index (χ1v) is 6.70. The first kappa shape index (κ1) is 15.4. The van der Waals surface area contributed by atoms with Crippen molar-refractivity contribution in [2.75, 3.05) is 13.2 Å². The summed E-state index contributed by atoms with van der Waals surface area (Å²) in [5, 5.41) is 4.41. The van der Waals surface area contributed by atoms with Gasteiger partial charge < -0.3 is 10.1 Å². The van der Waals surface area contributed by atoms with E-state index in [0.717, 1.165) is 18.7 Å². The first-order chi connectivity index (χ1) is 8.50. The van der Waals surface area contributed by atoms with E-state index in [9.17, 15) is 0 Å². The van der Waals surface area contributed by atoms with Crippen LogP contribution >= 0.6 is 23.2 Å². The SMILES string of the molecule is C=C(Cl)COc1c(Cl)cccc1CNCC(C)C. The summed E-state index contributed by atoms with van der Waals surface area (Å²) < 4.78 is 5.58. The van der Waals surface area contributed by atoms with Gasteiger partial charge in [-0.25, -0.2) is 0 Å². The Morgan fingerprint density at radius 2 is 2.17 bits per heavy atom. The molecule has 0 aliphatic rings. The van der Waals surface area contributed by atoms with Crippen LogP contribution in [0.3, 0.4) is 0 Å². The third-order valence-electron chi connectivity index (χ3n) is 2.29. The number of benzene rings is 1. The summed E-state index contributed by atoms with van der Waals surface area (Å²) in [6.07, 6.45) is 0. The van der Waals surface area contributed by atoms with Gasteiger partial charge in [0.1, 0.15) is 12.4 Å². The Balaban J connectivity index is 2.70. The molecule has 4 heteroatoms. The van der Waals surface area contributed by atoms with E-state index in [-0.39, 0.29) is 6.61 Å². The van der Waals surface area contributed by atoms with E-state index < -0.39 is 0 Å². The van der Waals surface area contributed by atoms with Gasteiger partial charge in [-0.2, -0.15) is 0 Å². The second kappa shape index (κ2) is 7.67. The molecule has 0 fully saturated rings. The van der Waals surface area contributed by atoms with Crippen LogP contribution in [0.2, 0.25) is 5.02 Å². The van der Waals surface area contributed by atoms with Crippen LogP contribution in [-0.4, -0.2) is 13.2 Å². The average Bonchev–Trinajstić information content (AvgIpc) is 2.27. The molecule has 0 unspecified atom stereocenters. The number of halogens is 2. The predicted octanol–water partition coefficient (Wildman–Crippen LogP) is 4.22. The maximum atomic E-state index is 6.13. The highest BCUT2D eigenvalue weighted by Crippen LogP contribution is 2.29. The van der Waals surface area contributed by atoms with E-state index in [1.165, 1.54) is 0 Å². The molecule has 1 rings (SSSR count). The zero-order chi connectivity index (χ0) is 13.5. The molecule has 0 saturated carbocycles. The Kier molecular flexibility index (Phi) is 6.55. The Morgan fingerprint density at radius 1 is 1.44 bits per heavy atom. The van der Waals surface area contributed by atoms with E-state index in [1.54, 1.807) is 6.07 Å². The summed E-state index contributed by atoms with van der Waals surface area (Å²) in [7, 11) is 0. The lowest BCUT2D eigenvalue weighted by molar-refractivity contribution is 0.354. The molecule has 0 atom stereocenters. The second-order valence-corrected chi connectivity index (χ2v) is 5.50. The lowest BCUT2D eigenvalue weighted by Crippen LogP contribution is -2.19. The van der Waals surface area contributed by atoms with Crippen molar-refractivity contribution in [3.05, 3.63) is 40.4 Å². The van der Waals surface area contributed by atoms with Gasteiger partial charge >= 0.3 is 0 Å². The summed E-state index contributed by atoms with van der Waals surface area (Å²) in [5.41, 5.74) is 1.03. The van der Waals surface area contributed by atoms with Gasteiger partial charge in [0.25, 0.3) is 0 Å². The van der Waals surface area contributed by atoms with Crippen LogP contribution in [0.5, 0.6) is 5.75 Å². The summed E-state index contributed by atoms with van der Waals surface area (Å²) in [4.78, 5) is 0. The average molecular weight is 288 g/mol. The molecule has 0 bridgehead atoms. The van der Waals surface area contributed by atoms with Crippen molar-refractivity contribution in [1.29, 1.82) is 0 Å². The van der Waals surface area contributed by atoms with Gasteiger partial charge in [0.05, 0.1) is 5.02 Å². The van der Waals surface area contributed by atoms with Gasteiger partial charge in [0.2, 0.25) is 0 Å². The van der Waals surface area contributed by atoms with Crippen LogP contribution < -0.4 is 10.1 Å². The molecule has 100 valence electrons. The highest BCUT2D eigenvalue weighted by Gasteiger charge is 2.08. The highest BCUT2D eigenvalue weighted by molar-refractivity contribution is 6.32. The van der Waals surface area contributed by atoms with Crippen molar-refractivity contribution in [2.24, 2.45) is 5.92 Å². The third kappa shape index (κ3) is 5.30. The fraction of sp³-hybridized carbons (Fsp3) is 0.429. The molecular formula is C14H19Cl2NO. The quantitative estimate of drug-likeness (QED) is 0.811. The zero-order valence-electron chi connectivity index (χ0n) is 10.8. The number of ether oxygens (including phenoxy) is 1. The maximum Gasteiger partial charge on any atom is 0.142 e. The fourth-order valence-corrected chi connectivity index (χ4v) is 1.80. The molecule has 2 nitrogen and oxygen atoms in total. The van der Waals surface area contributed by atoms with E-state index in [4.69, 9.17) is 27.9 Å². The molecule has 0 saturated heterocycles.